The molecule has 1 aromatic carbocycles. The van der Waals surface area contributed by atoms with Crippen LogP contribution in [0.3, 0.4) is 0 Å². The molecule has 4 rings (SSSR count). The molecule has 1 saturated carbocycles. The number of rotatable bonds is 3. The van der Waals surface area contributed by atoms with E-state index in [9.17, 15) is 29.7 Å². The third-order valence-corrected chi connectivity index (χ3v) is 7.29. The van der Waals surface area contributed by atoms with E-state index in [0.29, 0.717) is 12.0 Å². The number of primary amides is 1. The normalized spacial score (nSPS) is 29.1. The van der Waals surface area contributed by atoms with Crippen LogP contribution in [0.1, 0.15) is 23.1 Å². The van der Waals surface area contributed by atoms with Crippen molar-refractivity contribution in [2.75, 3.05) is 33.1 Å². The molecule has 0 bridgehead atoms. The number of ketones is 2. The van der Waals surface area contributed by atoms with Crippen molar-refractivity contribution < 1.29 is 29.7 Å². The summed E-state index contributed by atoms with van der Waals surface area (Å²) in [5.74, 6) is -5.63. The van der Waals surface area contributed by atoms with Crippen LogP contribution in [0.25, 0.3) is 5.76 Å². The average Bonchev–Trinajstić information content (AvgIpc) is 2.70. The van der Waals surface area contributed by atoms with E-state index in [2.05, 4.69) is 0 Å². The molecule has 176 valence electrons. The minimum absolute atomic E-state index is 0.00230. The van der Waals surface area contributed by atoms with Gasteiger partial charge in [0.2, 0.25) is 5.78 Å². The second kappa shape index (κ2) is 7.43. The number of benzene rings is 1. The molecule has 0 saturated heterocycles. The van der Waals surface area contributed by atoms with Crippen LogP contribution < -0.4 is 10.6 Å². The van der Waals surface area contributed by atoms with Crippen LogP contribution in [-0.4, -0.2) is 77.5 Å². The zero-order chi connectivity index (χ0) is 24.6. The Morgan fingerprint density at radius 1 is 1.15 bits per heavy atom. The molecule has 1 fully saturated rings. The minimum atomic E-state index is -2.54. The van der Waals surface area contributed by atoms with Gasteiger partial charge in [0, 0.05) is 36.8 Å². The van der Waals surface area contributed by atoms with Gasteiger partial charge in [-0.3, -0.25) is 19.3 Å². The summed E-state index contributed by atoms with van der Waals surface area (Å²) >= 11 is 0. The number of likely N-dealkylation sites (N-methyl/N-ethyl adjacent to an activating group) is 1. The zero-order valence-corrected chi connectivity index (χ0v) is 19.3. The van der Waals surface area contributed by atoms with E-state index >= 15 is 0 Å². The summed E-state index contributed by atoms with van der Waals surface area (Å²) in [6, 6.07) is 2.75. The fraction of sp³-hybridized carbons (Fsp3) is 0.458. The van der Waals surface area contributed by atoms with Gasteiger partial charge in [-0.1, -0.05) is 6.07 Å². The number of aryl methyl sites for hydroxylation is 1. The molecule has 9 heteroatoms. The zero-order valence-electron chi connectivity index (χ0n) is 19.3. The highest BCUT2D eigenvalue weighted by molar-refractivity contribution is 6.24. The number of anilines is 1. The van der Waals surface area contributed by atoms with Crippen molar-refractivity contribution >= 4 is 28.9 Å². The van der Waals surface area contributed by atoms with Crippen LogP contribution in [-0.2, 0) is 20.8 Å². The monoisotopic (exact) mass is 455 g/mol. The molecule has 1 amide bonds. The fourth-order valence-electron chi connectivity index (χ4n) is 5.84. The maximum atomic E-state index is 13.8. The molecule has 0 radical (unpaired) electrons. The Balaban J connectivity index is 1.99. The maximum Gasteiger partial charge on any atom is 0.255 e. The van der Waals surface area contributed by atoms with Crippen LogP contribution in [0.5, 0.6) is 0 Å². The Bertz CT molecular complexity index is 1160. The van der Waals surface area contributed by atoms with Gasteiger partial charge in [-0.2, -0.15) is 0 Å². The number of hydrogen-bond donors (Lipinski definition) is 4. The highest BCUT2D eigenvalue weighted by Crippen LogP contribution is 2.52. The van der Waals surface area contributed by atoms with E-state index in [1.165, 1.54) is 4.90 Å². The van der Waals surface area contributed by atoms with E-state index in [1.807, 2.05) is 38.1 Å². The number of fused-ring (bicyclic) bond motifs is 3. The lowest BCUT2D eigenvalue weighted by atomic mass is 9.57. The van der Waals surface area contributed by atoms with Crippen molar-refractivity contribution in [3.8, 4) is 0 Å². The lowest BCUT2D eigenvalue weighted by Gasteiger charge is -2.50. The Morgan fingerprint density at radius 2 is 1.79 bits per heavy atom. The molecule has 0 aliphatic heterocycles. The summed E-state index contributed by atoms with van der Waals surface area (Å²) in [5, 5.41) is 33.7. The van der Waals surface area contributed by atoms with E-state index in [0.717, 1.165) is 16.8 Å². The van der Waals surface area contributed by atoms with Crippen molar-refractivity contribution in [3.63, 3.8) is 0 Å². The quantitative estimate of drug-likeness (QED) is 0.486. The number of carbonyl (C=O) groups excluding carboxylic acids is 3. The van der Waals surface area contributed by atoms with E-state index in [-0.39, 0.29) is 17.8 Å². The van der Waals surface area contributed by atoms with Crippen LogP contribution in [0.2, 0.25) is 0 Å². The number of nitrogens with two attached hydrogens (primary N) is 1. The summed E-state index contributed by atoms with van der Waals surface area (Å²) in [5.41, 5.74) is 5.09. The molecule has 9 nitrogen and oxygen atoms in total. The van der Waals surface area contributed by atoms with Crippen molar-refractivity contribution in [2.24, 2.45) is 17.6 Å². The van der Waals surface area contributed by atoms with Gasteiger partial charge >= 0.3 is 0 Å². The molecule has 5 N–H and O–H groups in total. The SMILES string of the molecule is Cc1ccc(N(C)C)c2c1C(O)=C1C(=O)[C@]3(O)C(O)=C(C(N)=O)C(=O)[C@@H](N(C)C)[C@@H]3C[C@@H]1C2. The Kier molecular flexibility index (Phi) is 5.18. The number of hydrogen-bond acceptors (Lipinski definition) is 8. The van der Waals surface area contributed by atoms with Gasteiger partial charge in [0.05, 0.1) is 6.04 Å². The second-order valence-electron chi connectivity index (χ2n) is 9.61. The standard InChI is InChI=1S/C24H29N3O6/c1-10-6-7-14(26(2)3)12-8-11-9-13-18(27(4)5)20(29)17(23(25)32)22(31)24(13,33)21(30)16(11)19(28)15(10)12/h6-7,11,13,18,28,31,33H,8-9H2,1-5H3,(H2,25,32)/t11-,13-,18-,24-/m0/s1. The number of amides is 1. The topological polar surface area (TPSA) is 144 Å². The first-order valence-corrected chi connectivity index (χ1v) is 10.8. The highest BCUT2D eigenvalue weighted by atomic mass is 16.3. The molecule has 3 aliphatic carbocycles. The number of nitrogens with zero attached hydrogens (tertiary/aromatic N) is 2. The molecule has 0 spiro atoms. The van der Waals surface area contributed by atoms with Crippen LogP contribution >= 0.6 is 0 Å². The maximum absolute atomic E-state index is 13.8. The first kappa shape index (κ1) is 23.0. The molecular formula is C24H29N3O6. The van der Waals surface area contributed by atoms with E-state index < -0.39 is 52.3 Å². The number of aliphatic hydroxyl groups excluding tert-OH is 2. The van der Waals surface area contributed by atoms with Crippen molar-refractivity contribution in [2.45, 2.75) is 31.4 Å². The third-order valence-electron chi connectivity index (χ3n) is 7.29. The lowest BCUT2D eigenvalue weighted by molar-refractivity contribution is -0.153. The fourth-order valence-corrected chi connectivity index (χ4v) is 5.84. The van der Waals surface area contributed by atoms with Gasteiger partial charge in [-0.25, -0.2) is 0 Å². The Labute approximate surface area is 191 Å². The highest BCUT2D eigenvalue weighted by Gasteiger charge is 2.64. The molecular weight excluding hydrogens is 426 g/mol. The summed E-state index contributed by atoms with van der Waals surface area (Å²) in [4.78, 5) is 42.3. The van der Waals surface area contributed by atoms with Crippen molar-refractivity contribution in [1.82, 2.24) is 4.90 Å². The van der Waals surface area contributed by atoms with E-state index in [1.54, 1.807) is 14.1 Å². The molecule has 0 aromatic heterocycles. The minimum Gasteiger partial charge on any atom is -0.508 e. The Morgan fingerprint density at radius 3 is 2.33 bits per heavy atom. The predicted molar refractivity (Wildman–Crippen MR) is 122 cm³/mol. The predicted octanol–water partition coefficient (Wildman–Crippen LogP) is 0.633. The van der Waals surface area contributed by atoms with Gasteiger partial charge in [-0.05, 0) is 57.0 Å². The summed E-state index contributed by atoms with van der Waals surface area (Å²) in [6.07, 6.45) is 0.566. The second-order valence-corrected chi connectivity index (χ2v) is 9.61. The van der Waals surface area contributed by atoms with E-state index in [4.69, 9.17) is 5.73 Å². The average molecular weight is 456 g/mol. The van der Waals surface area contributed by atoms with Gasteiger partial charge < -0.3 is 26.0 Å². The summed E-state index contributed by atoms with van der Waals surface area (Å²) in [6.45, 7) is 1.82. The smallest absolute Gasteiger partial charge is 0.255 e. The first-order chi connectivity index (χ1) is 15.3. The third kappa shape index (κ3) is 2.95. The van der Waals surface area contributed by atoms with Crippen LogP contribution in [0.4, 0.5) is 5.69 Å². The van der Waals surface area contributed by atoms with Gasteiger partial charge in [0.15, 0.2) is 11.4 Å². The largest absolute Gasteiger partial charge is 0.508 e. The van der Waals surface area contributed by atoms with Crippen LogP contribution in [0, 0.1) is 18.8 Å². The molecule has 4 atom stereocenters. The van der Waals surface area contributed by atoms with Crippen LogP contribution in [0.15, 0.2) is 29.0 Å². The van der Waals surface area contributed by atoms with Crippen molar-refractivity contribution in [1.29, 1.82) is 0 Å². The number of aliphatic hydroxyl groups is 3. The molecule has 3 aliphatic rings. The molecule has 0 heterocycles. The lowest BCUT2D eigenvalue weighted by Crippen LogP contribution is -2.65. The van der Waals surface area contributed by atoms with Gasteiger partial charge in [0.1, 0.15) is 17.1 Å². The molecule has 1 aromatic rings. The summed E-state index contributed by atoms with van der Waals surface area (Å²) in [7, 11) is 6.98. The van der Waals surface area contributed by atoms with Crippen molar-refractivity contribution in [3.05, 3.63) is 45.7 Å². The molecule has 33 heavy (non-hydrogen) atoms. The van der Waals surface area contributed by atoms with Gasteiger partial charge in [-0.15, -0.1) is 0 Å². The van der Waals surface area contributed by atoms with Gasteiger partial charge in [0.25, 0.3) is 5.91 Å². The summed E-state index contributed by atoms with van der Waals surface area (Å²) < 4.78 is 0. The number of carbonyl (C=O) groups is 3. The Hall–Kier alpha value is -3.17. The number of Topliss-reactive ketones (excluding diaryl/α,β-unsaturated/α-hetero) is 2. The molecule has 0 unspecified atom stereocenters. The first-order valence-electron chi connectivity index (χ1n) is 10.8.